The first-order valence-corrected chi connectivity index (χ1v) is 3.36. The van der Waals surface area contributed by atoms with Crippen molar-refractivity contribution in [3.8, 4) is 0 Å². The van der Waals surface area contributed by atoms with Gasteiger partial charge in [-0.3, -0.25) is 0 Å². The Labute approximate surface area is 64.8 Å². The second-order valence-electron chi connectivity index (χ2n) is 2.06. The van der Waals surface area contributed by atoms with Gasteiger partial charge in [-0.05, 0) is 6.92 Å². The minimum absolute atomic E-state index is 0.232. The van der Waals surface area contributed by atoms with E-state index >= 15 is 0 Å². The molecule has 1 aromatic rings. The summed E-state index contributed by atoms with van der Waals surface area (Å²) in [6.07, 6.45) is 1.49. The molecule has 0 saturated carbocycles. The molecule has 1 aromatic heterocycles. The fourth-order valence-electron chi connectivity index (χ4n) is 0.714. The third-order valence-corrected chi connectivity index (χ3v) is 1.18. The predicted octanol–water partition coefficient (Wildman–Crippen LogP) is 0.0728. The lowest BCUT2D eigenvalue weighted by Gasteiger charge is -2.04. The topological polar surface area (TPSA) is 89.8 Å². The molecule has 1 heterocycles. The Morgan fingerprint density at radius 1 is 1.55 bits per heavy atom. The maximum atomic E-state index is 5.53. The van der Waals surface area contributed by atoms with Gasteiger partial charge >= 0.3 is 0 Å². The van der Waals surface area contributed by atoms with Crippen molar-refractivity contribution in [2.45, 2.75) is 6.92 Å². The summed E-state index contributed by atoms with van der Waals surface area (Å²) in [6.45, 7) is 2.72. The van der Waals surface area contributed by atoms with Crippen molar-refractivity contribution in [1.29, 1.82) is 0 Å². The molecule has 0 aliphatic rings. The van der Waals surface area contributed by atoms with Crippen LogP contribution in [0.15, 0.2) is 6.20 Å². The summed E-state index contributed by atoms with van der Waals surface area (Å²) in [6, 6.07) is 0. The van der Waals surface area contributed by atoms with Crippen LogP contribution in [0.4, 0.5) is 17.5 Å². The van der Waals surface area contributed by atoms with Crippen molar-refractivity contribution < 1.29 is 0 Å². The third kappa shape index (κ3) is 1.70. The smallest absolute Gasteiger partial charge is 0.222 e. The lowest BCUT2D eigenvalue weighted by molar-refractivity contribution is 1.13. The van der Waals surface area contributed by atoms with Gasteiger partial charge in [0.2, 0.25) is 5.95 Å². The monoisotopic (exact) mass is 153 g/mol. The lowest BCUT2D eigenvalue weighted by Crippen LogP contribution is -2.06. The van der Waals surface area contributed by atoms with Crippen LogP contribution in [0.5, 0.6) is 0 Å². The van der Waals surface area contributed by atoms with Crippen LogP contribution in [0.1, 0.15) is 6.92 Å². The Morgan fingerprint density at radius 3 is 2.91 bits per heavy atom. The highest BCUT2D eigenvalue weighted by Gasteiger charge is 1.98. The first-order valence-electron chi connectivity index (χ1n) is 3.36. The maximum Gasteiger partial charge on any atom is 0.222 e. The van der Waals surface area contributed by atoms with E-state index in [1.165, 1.54) is 6.20 Å². The number of nitrogens with one attached hydrogen (secondary N) is 1. The van der Waals surface area contributed by atoms with Gasteiger partial charge in [0.15, 0.2) is 5.82 Å². The van der Waals surface area contributed by atoms with Crippen LogP contribution >= 0.6 is 0 Å². The molecule has 0 radical (unpaired) electrons. The Balaban J connectivity index is 2.93. The molecule has 0 aromatic carbocycles. The molecule has 11 heavy (non-hydrogen) atoms. The molecule has 1 rings (SSSR count). The van der Waals surface area contributed by atoms with E-state index in [1.54, 1.807) is 0 Å². The number of aromatic nitrogens is 2. The number of hydrogen-bond donors (Lipinski definition) is 3. The molecule has 5 N–H and O–H groups in total. The summed E-state index contributed by atoms with van der Waals surface area (Å²) in [5, 5.41) is 2.96. The first kappa shape index (κ1) is 7.59. The summed E-state index contributed by atoms with van der Waals surface area (Å²) >= 11 is 0. The average Bonchev–Trinajstić information content (AvgIpc) is 1.98. The van der Waals surface area contributed by atoms with Gasteiger partial charge in [-0.25, -0.2) is 4.98 Å². The number of nitrogen functional groups attached to an aromatic ring is 2. The molecule has 0 aliphatic carbocycles. The molecule has 0 atom stereocenters. The predicted molar refractivity (Wildman–Crippen MR) is 45.0 cm³/mol. The van der Waals surface area contributed by atoms with Crippen LogP contribution in [0.25, 0.3) is 0 Å². The lowest BCUT2D eigenvalue weighted by atomic mass is 10.5. The van der Waals surface area contributed by atoms with Crippen LogP contribution in [0, 0.1) is 0 Å². The Bertz CT molecular complexity index is 247. The zero-order chi connectivity index (χ0) is 8.27. The van der Waals surface area contributed by atoms with Crippen molar-refractivity contribution >= 4 is 17.5 Å². The van der Waals surface area contributed by atoms with E-state index in [2.05, 4.69) is 15.3 Å². The van der Waals surface area contributed by atoms with Crippen molar-refractivity contribution in [3.05, 3.63) is 6.20 Å². The molecular weight excluding hydrogens is 142 g/mol. The van der Waals surface area contributed by atoms with Crippen LogP contribution in [0.2, 0.25) is 0 Å². The van der Waals surface area contributed by atoms with Gasteiger partial charge in [-0.15, -0.1) is 0 Å². The van der Waals surface area contributed by atoms with Crippen molar-refractivity contribution in [1.82, 2.24) is 9.97 Å². The Hall–Kier alpha value is -1.52. The van der Waals surface area contributed by atoms with Crippen LogP contribution in [0.3, 0.4) is 0 Å². The van der Waals surface area contributed by atoms with Gasteiger partial charge in [0.05, 0.1) is 11.9 Å². The summed E-state index contributed by atoms with van der Waals surface area (Å²) in [5.41, 5.74) is 11.4. The minimum atomic E-state index is 0.232. The van der Waals surface area contributed by atoms with E-state index in [0.717, 1.165) is 6.54 Å². The average molecular weight is 153 g/mol. The van der Waals surface area contributed by atoms with Crippen molar-refractivity contribution in [2.75, 3.05) is 23.3 Å². The zero-order valence-corrected chi connectivity index (χ0v) is 6.33. The standard InChI is InChI=1S/C6H11N5/c1-2-9-5-4(7)3-10-6(8)11-5/h3H,2,7H2,1H3,(H3,8,9,10,11). The van der Waals surface area contributed by atoms with E-state index in [0.29, 0.717) is 11.5 Å². The second kappa shape index (κ2) is 3.05. The largest absolute Gasteiger partial charge is 0.394 e. The highest BCUT2D eigenvalue weighted by molar-refractivity contribution is 5.60. The summed E-state index contributed by atoms with van der Waals surface area (Å²) in [4.78, 5) is 7.62. The first-order chi connectivity index (χ1) is 5.24. The molecule has 0 amide bonds. The molecule has 0 aliphatic heterocycles. The van der Waals surface area contributed by atoms with Crippen LogP contribution in [-0.2, 0) is 0 Å². The quantitative estimate of drug-likeness (QED) is 0.559. The van der Waals surface area contributed by atoms with Gasteiger partial charge in [0, 0.05) is 6.54 Å². The van der Waals surface area contributed by atoms with Crippen molar-refractivity contribution in [2.24, 2.45) is 0 Å². The van der Waals surface area contributed by atoms with E-state index in [9.17, 15) is 0 Å². The normalized spacial score (nSPS) is 9.55. The van der Waals surface area contributed by atoms with E-state index in [1.807, 2.05) is 6.92 Å². The molecule has 0 saturated heterocycles. The maximum absolute atomic E-state index is 5.53. The van der Waals surface area contributed by atoms with Crippen molar-refractivity contribution in [3.63, 3.8) is 0 Å². The molecule has 0 bridgehead atoms. The minimum Gasteiger partial charge on any atom is -0.394 e. The Morgan fingerprint density at radius 2 is 2.27 bits per heavy atom. The highest BCUT2D eigenvalue weighted by atomic mass is 15.1. The molecular formula is C6H11N5. The Kier molecular flexibility index (Phi) is 2.10. The summed E-state index contributed by atoms with van der Waals surface area (Å²) in [7, 11) is 0. The molecule has 5 heteroatoms. The van der Waals surface area contributed by atoms with Gasteiger partial charge < -0.3 is 16.8 Å². The zero-order valence-electron chi connectivity index (χ0n) is 6.33. The molecule has 0 spiro atoms. The molecule has 60 valence electrons. The SMILES string of the molecule is CCNc1nc(N)ncc1N. The fourth-order valence-corrected chi connectivity index (χ4v) is 0.714. The van der Waals surface area contributed by atoms with Gasteiger partial charge in [0.25, 0.3) is 0 Å². The number of nitrogens with two attached hydrogens (primary N) is 2. The highest BCUT2D eigenvalue weighted by Crippen LogP contribution is 2.13. The van der Waals surface area contributed by atoms with E-state index in [-0.39, 0.29) is 5.95 Å². The summed E-state index contributed by atoms with van der Waals surface area (Å²) in [5.74, 6) is 0.829. The van der Waals surface area contributed by atoms with E-state index < -0.39 is 0 Å². The number of rotatable bonds is 2. The van der Waals surface area contributed by atoms with Gasteiger partial charge in [-0.1, -0.05) is 0 Å². The second-order valence-corrected chi connectivity index (χ2v) is 2.06. The molecule has 0 fully saturated rings. The number of anilines is 3. The molecule has 5 nitrogen and oxygen atoms in total. The third-order valence-electron chi connectivity index (χ3n) is 1.18. The van der Waals surface area contributed by atoms with Gasteiger partial charge in [0.1, 0.15) is 0 Å². The molecule has 0 unspecified atom stereocenters. The number of hydrogen-bond acceptors (Lipinski definition) is 5. The van der Waals surface area contributed by atoms with Crippen LogP contribution < -0.4 is 16.8 Å². The number of nitrogens with zero attached hydrogens (tertiary/aromatic N) is 2. The summed E-state index contributed by atoms with van der Waals surface area (Å²) < 4.78 is 0. The van der Waals surface area contributed by atoms with E-state index in [4.69, 9.17) is 11.5 Å². The fraction of sp³-hybridized carbons (Fsp3) is 0.333. The van der Waals surface area contributed by atoms with Gasteiger partial charge in [-0.2, -0.15) is 4.98 Å². The van der Waals surface area contributed by atoms with Crippen LogP contribution in [-0.4, -0.2) is 16.5 Å².